The van der Waals surface area contributed by atoms with Crippen molar-refractivity contribution in [3.63, 3.8) is 0 Å². The van der Waals surface area contributed by atoms with Crippen LogP contribution in [0, 0.1) is 5.82 Å². The molecule has 0 radical (unpaired) electrons. The highest BCUT2D eigenvalue weighted by molar-refractivity contribution is 9.10. The quantitative estimate of drug-likeness (QED) is 0.743. The summed E-state index contributed by atoms with van der Waals surface area (Å²) < 4.78 is 13.4. The number of ketones is 1. The van der Waals surface area contributed by atoms with E-state index in [1.807, 2.05) is 0 Å². The number of halogens is 2. The number of carbonyl (C=O) groups is 2. The molecule has 84 valence electrons. The SMILES string of the molecule is O=C1CCN(c2ccc(F)cc2Br)C(=O)C1. The van der Waals surface area contributed by atoms with E-state index in [9.17, 15) is 14.0 Å². The molecule has 1 amide bonds. The topological polar surface area (TPSA) is 37.4 Å². The molecule has 1 aliphatic rings. The van der Waals surface area contributed by atoms with Crippen molar-refractivity contribution in [2.75, 3.05) is 11.4 Å². The highest BCUT2D eigenvalue weighted by Crippen LogP contribution is 2.29. The molecule has 0 atom stereocenters. The molecule has 1 aromatic carbocycles. The van der Waals surface area contributed by atoms with Crippen LogP contribution in [0.5, 0.6) is 0 Å². The maximum atomic E-state index is 12.9. The van der Waals surface area contributed by atoms with Gasteiger partial charge in [-0.15, -0.1) is 0 Å². The lowest BCUT2D eigenvalue weighted by Gasteiger charge is -2.27. The number of Topliss-reactive ketones (excluding diaryl/α,β-unsaturated/α-hetero) is 1. The van der Waals surface area contributed by atoms with Crippen molar-refractivity contribution in [1.29, 1.82) is 0 Å². The number of hydrogen-bond acceptors (Lipinski definition) is 2. The van der Waals surface area contributed by atoms with Gasteiger partial charge >= 0.3 is 0 Å². The largest absolute Gasteiger partial charge is 0.310 e. The maximum Gasteiger partial charge on any atom is 0.234 e. The van der Waals surface area contributed by atoms with Crippen LogP contribution >= 0.6 is 15.9 Å². The van der Waals surface area contributed by atoms with E-state index in [0.29, 0.717) is 23.1 Å². The molecule has 5 heteroatoms. The van der Waals surface area contributed by atoms with E-state index >= 15 is 0 Å². The highest BCUT2D eigenvalue weighted by atomic mass is 79.9. The standard InChI is InChI=1S/C11H9BrFNO2/c12-9-5-7(13)1-2-10(9)14-4-3-8(15)6-11(14)16/h1-2,5H,3-4,6H2. The second-order valence-corrected chi connectivity index (χ2v) is 4.46. The van der Waals surface area contributed by atoms with Gasteiger partial charge in [0.05, 0.1) is 12.1 Å². The first kappa shape index (κ1) is 11.3. The molecule has 2 rings (SSSR count). The van der Waals surface area contributed by atoms with Gasteiger partial charge in [0.1, 0.15) is 11.6 Å². The van der Waals surface area contributed by atoms with Crippen LogP contribution in [-0.2, 0) is 9.59 Å². The summed E-state index contributed by atoms with van der Waals surface area (Å²) in [6.45, 7) is 0.363. The molecule has 1 heterocycles. The number of nitrogens with zero attached hydrogens (tertiary/aromatic N) is 1. The fourth-order valence-electron chi connectivity index (χ4n) is 1.67. The third-order valence-corrected chi connectivity index (χ3v) is 3.10. The molecule has 0 unspecified atom stereocenters. The molecular weight excluding hydrogens is 277 g/mol. The van der Waals surface area contributed by atoms with Gasteiger partial charge in [-0.3, -0.25) is 9.59 Å². The molecular formula is C11H9BrFNO2. The first-order valence-corrected chi connectivity index (χ1v) is 5.64. The normalized spacial score (nSPS) is 16.8. The number of rotatable bonds is 1. The average molecular weight is 286 g/mol. The number of carbonyl (C=O) groups excluding carboxylic acids is 2. The van der Waals surface area contributed by atoms with Gasteiger partial charge in [-0.2, -0.15) is 0 Å². The van der Waals surface area contributed by atoms with Crippen molar-refractivity contribution in [1.82, 2.24) is 0 Å². The highest BCUT2D eigenvalue weighted by Gasteiger charge is 2.26. The molecule has 16 heavy (non-hydrogen) atoms. The summed E-state index contributed by atoms with van der Waals surface area (Å²) in [5, 5.41) is 0. The minimum Gasteiger partial charge on any atom is -0.310 e. The van der Waals surface area contributed by atoms with Crippen molar-refractivity contribution in [3.05, 3.63) is 28.5 Å². The zero-order valence-electron chi connectivity index (χ0n) is 8.37. The van der Waals surface area contributed by atoms with Crippen molar-refractivity contribution in [2.24, 2.45) is 0 Å². The number of piperidine rings is 1. The second kappa shape index (κ2) is 4.33. The second-order valence-electron chi connectivity index (χ2n) is 3.61. The van der Waals surface area contributed by atoms with E-state index in [2.05, 4.69) is 15.9 Å². The lowest BCUT2D eigenvalue weighted by Crippen LogP contribution is -2.39. The molecule has 1 aromatic rings. The maximum absolute atomic E-state index is 12.9. The van der Waals surface area contributed by atoms with Crippen LogP contribution in [0.15, 0.2) is 22.7 Å². The van der Waals surface area contributed by atoms with Crippen LogP contribution in [0.4, 0.5) is 10.1 Å². The minimum absolute atomic E-state index is 0.0421. The van der Waals surface area contributed by atoms with Crippen LogP contribution in [0.25, 0.3) is 0 Å². The zero-order valence-corrected chi connectivity index (χ0v) is 9.96. The van der Waals surface area contributed by atoms with Gasteiger partial charge < -0.3 is 4.90 Å². The van der Waals surface area contributed by atoms with Gasteiger partial charge in [-0.05, 0) is 34.1 Å². The van der Waals surface area contributed by atoms with Crippen LogP contribution in [-0.4, -0.2) is 18.2 Å². The summed E-state index contributed by atoms with van der Waals surface area (Å²) >= 11 is 3.21. The van der Waals surface area contributed by atoms with E-state index in [4.69, 9.17) is 0 Å². The van der Waals surface area contributed by atoms with E-state index in [-0.39, 0.29) is 23.9 Å². The summed E-state index contributed by atoms with van der Waals surface area (Å²) in [7, 11) is 0. The van der Waals surface area contributed by atoms with Gasteiger partial charge in [0.15, 0.2) is 0 Å². The zero-order chi connectivity index (χ0) is 11.7. The summed E-state index contributed by atoms with van der Waals surface area (Å²) in [6.07, 6.45) is 0.291. The molecule has 0 bridgehead atoms. The Labute approximate surface area is 100 Å². The molecule has 0 N–H and O–H groups in total. The Kier molecular flexibility index (Phi) is 3.05. The first-order chi connectivity index (χ1) is 7.58. The smallest absolute Gasteiger partial charge is 0.234 e. The number of anilines is 1. The molecule has 0 aliphatic carbocycles. The van der Waals surface area contributed by atoms with Crippen LogP contribution in [0.1, 0.15) is 12.8 Å². The third-order valence-electron chi connectivity index (χ3n) is 2.46. The van der Waals surface area contributed by atoms with E-state index in [0.717, 1.165) is 0 Å². The van der Waals surface area contributed by atoms with Crippen LogP contribution in [0.3, 0.4) is 0 Å². The fraction of sp³-hybridized carbons (Fsp3) is 0.273. The van der Waals surface area contributed by atoms with Gasteiger partial charge in [-0.1, -0.05) is 0 Å². The Balaban J connectivity index is 2.30. The predicted molar refractivity (Wildman–Crippen MR) is 60.7 cm³/mol. The van der Waals surface area contributed by atoms with Crippen molar-refractivity contribution in [2.45, 2.75) is 12.8 Å². The van der Waals surface area contributed by atoms with Crippen LogP contribution < -0.4 is 4.90 Å². The van der Waals surface area contributed by atoms with Gasteiger partial charge in [-0.25, -0.2) is 4.39 Å². The Hall–Kier alpha value is -1.23. The Morgan fingerprint density at radius 3 is 2.69 bits per heavy atom. The lowest BCUT2D eigenvalue weighted by molar-refractivity contribution is -0.128. The monoisotopic (exact) mass is 285 g/mol. The summed E-state index contributed by atoms with van der Waals surface area (Å²) in [5.41, 5.74) is 0.610. The first-order valence-electron chi connectivity index (χ1n) is 4.85. The van der Waals surface area contributed by atoms with Gasteiger partial charge in [0, 0.05) is 17.4 Å². The summed E-state index contributed by atoms with van der Waals surface area (Å²) in [6, 6.07) is 4.13. The average Bonchev–Trinajstić information content (AvgIpc) is 2.19. The Morgan fingerprint density at radius 1 is 1.31 bits per heavy atom. The van der Waals surface area contributed by atoms with E-state index < -0.39 is 0 Å². The fourth-order valence-corrected chi connectivity index (χ4v) is 2.23. The Bertz CT molecular complexity index is 461. The predicted octanol–water partition coefficient (Wildman–Crippen LogP) is 2.28. The van der Waals surface area contributed by atoms with E-state index in [1.165, 1.54) is 23.1 Å². The number of benzene rings is 1. The van der Waals surface area contributed by atoms with E-state index in [1.54, 1.807) is 0 Å². The minimum atomic E-state index is -0.365. The summed E-state index contributed by atoms with van der Waals surface area (Å²) in [4.78, 5) is 24.2. The molecule has 0 aromatic heterocycles. The van der Waals surface area contributed by atoms with Gasteiger partial charge in [0.25, 0.3) is 0 Å². The number of hydrogen-bond donors (Lipinski definition) is 0. The van der Waals surface area contributed by atoms with Crippen molar-refractivity contribution < 1.29 is 14.0 Å². The molecule has 3 nitrogen and oxygen atoms in total. The Morgan fingerprint density at radius 2 is 2.06 bits per heavy atom. The molecule has 0 saturated carbocycles. The molecule has 1 saturated heterocycles. The molecule has 0 spiro atoms. The van der Waals surface area contributed by atoms with Crippen LogP contribution in [0.2, 0.25) is 0 Å². The van der Waals surface area contributed by atoms with Gasteiger partial charge in [0.2, 0.25) is 5.91 Å². The number of amides is 1. The summed E-state index contributed by atoms with van der Waals surface area (Å²) in [5.74, 6) is -0.640. The molecule has 1 aliphatic heterocycles. The van der Waals surface area contributed by atoms with Crippen molar-refractivity contribution >= 4 is 33.3 Å². The lowest BCUT2D eigenvalue weighted by atomic mass is 10.1. The van der Waals surface area contributed by atoms with Crippen molar-refractivity contribution in [3.8, 4) is 0 Å². The molecule has 1 fully saturated rings. The third kappa shape index (κ3) is 2.14.